The summed E-state index contributed by atoms with van der Waals surface area (Å²) < 4.78 is 6.26. The summed E-state index contributed by atoms with van der Waals surface area (Å²) in [5, 5.41) is 10.8. The van der Waals surface area contributed by atoms with Crippen LogP contribution in [0.15, 0.2) is 52.5 Å². The van der Waals surface area contributed by atoms with Gasteiger partial charge in [0, 0.05) is 4.47 Å². The quantitative estimate of drug-likeness (QED) is 0.292. The Morgan fingerprint density at radius 2 is 1.85 bits per heavy atom. The molecule has 2 rings (SSSR count). The average molecular weight is 338 g/mol. The van der Waals surface area contributed by atoms with Crippen LogP contribution in [-0.4, -0.2) is 11.1 Å². The van der Waals surface area contributed by atoms with Crippen molar-refractivity contribution in [1.29, 1.82) is 0 Å². The fraction of sp³-hybridized carbons (Fsp3) is 0. The highest BCUT2D eigenvalue weighted by atomic mass is 79.9. The summed E-state index contributed by atoms with van der Waals surface area (Å²) in [5.74, 6) is 3.90. The maximum atomic E-state index is 10.8. The third kappa shape index (κ3) is 3.01. The first-order chi connectivity index (χ1) is 9.51. The van der Waals surface area contributed by atoms with Gasteiger partial charge >= 0.3 is 5.97 Å². The van der Waals surface area contributed by atoms with Gasteiger partial charge in [-0.3, -0.25) is 5.84 Å². The van der Waals surface area contributed by atoms with Gasteiger partial charge in [0.25, 0.3) is 0 Å². The van der Waals surface area contributed by atoms with Crippen LogP contribution in [0.4, 0.5) is 0 Å². The molecule has 0 atom stereocenters. The highest BCUT2D eigenvalue weighted by molar-refractivity contribution is 9.10. The number of carboxylic acids is 1. The lowest BCUT2D eigenvalue weighted by atomic mass is 10.1. The Balaban J connectivity index is 2.35. The Morgan fingerprint density at radius 1 is 1.20 bits per heavy atom. The van der Waals surface area contributed by atoms with Crippen molar-refractivity contribution >= 4 is 32.7 Å². The normalized spacial score (nSPS) is 11.9. The minimum absolute atomic E-state index is 0.309. The van der Waals surface area contributed by atoms with Crippen molar-refractivity contribution in [3.8, 4) is 5.75 Å². The Bertz CT molecular complexity index is 700. The number of rotatable bonds is 4. The van der Waals surface area contributed by atoms with Gasteiger partial charge in [-0.2, -0.15) is 0 Å². The Morgan fingerprint density at radius 3 is 2.50 bits per heavy atom. The minimum Gasteiger partial charge on any atom is -0.476 e. The first kappa shape index (κ1) is 14.2. The summed E-state index contributed by atoms with van der Waals surface area (Å²) in [7, 11) is 0. The van der Waals surface area contributed by atoms with Gasteiger partial charge in [-0.05, 0) is 35.0 Å². The third-order valence-electron chi connectivity index (χ3n) is 2.61. The molecule has 0 aromatic heterocycles. The number of benzene rings is 2. The highest BCUT2D eigenvalue weighted by Gasteiger charge is 2.13. The van der Waals surface area contributed by atoms with Gasteiger partial charge in [0.2, 0.25) is 5.88 Å². The predicted octanol–water partition coefficient (Wildman–Crippen LogP) is 1.66. The lowest BCUT2D eigenvalue weighted by Crippen LogP contribution is -2.31. The topological polar surface area (TPSA) is 111 Å². The van der Waals surface area contributed by atoms with E-state index in [0.717, 1.165) is 15.2 Å². The van der Waals surface area contributed by atoms with Gasteiger partial charge in [0.1, 0.15) is 5.75 Å². The van der Waals surface area contributed by atoms with Crippen LogP contribution in [0.5, 0.6) is 5.75 Å². The van der Waals surface area contributed by atoms with Crippen molar-refractivity contribution < 1.29 is 14.6 Å². The van der Waals surface area contributed by atoms with E-state index in [2.05, 4.69) is 15.9 Å². The number of aliphatic carboxylic acids is 1. The van der Waals surface area contributed by atoms with Gasteiger partial charge in [-0.25, -0.2) is 4.79 Å². The number of hydrazine groups is 1. The number of halogens is 1. The third-order valence-corrected chi connectivity index (χ3v) is 3.10. The zero-order valence-corrected chi connectivity index (χ0v) is 11.8. The van der Waals surface area contributed by atoms with Crippen molar-refractivity contribution in [2.24, 2.45) is 11.6 Å². The Hall–Kier alpha value is -2.25. The van der Waals surface area contributed by atoms with E-state index in [1.165, 1.54) is 0 Å². The molecular formula is C13H12BrN3O3. The molecule has 0 unspecified atom stereocenters. The number of hydrogen-bond acceptors (Lipinski definition) is 5. The molecule has 0 saturated heterocycles. The maximum absolute atomic E-state index is 10.8. The zero-order valence-electron chi connectivity index (χ0n) is 10.3. The van der Waals surface area contributed by atoms with Crippen molar-refractivity contribution in [3.05, 3.63) is 52.5 Å². The predicted molar refractivity (Wildman–Crippen MR) is 78.4 cm³/mol. The van der Waals surface area contributed by atoms with E-state index in [-0.39, 0.29) is 5.88 Å². The number of nitrogens with two attached hydrogens (primary N) is 2. The molecule has 0 amide bonds. The van der Waals surface area contributed by atoms with Gasteiger partial charge in [-0.15, -0.1) is 0 Å². The van der Waals surface area contributed by atoms with Gasteiger partial charge < -0.3 is 21.0 Å². The van der Waals surface area contributed by atoms with Crippen LogP contribution in [0.2, 0.25) is 0 Å². The molecule has 6 nitrogen and oxygen atoms in total. The molecule has 0 fully saturated rings. The molecule has 0 aliphatic heterocycles. The molecule has 0 spiro atoms. The number of nitrogens with one attached hydrogen (secondary N) is 1. The molecule has 0 heterocycles. The van der Waals surface area contributed by atoms with Crippen molar-refractivity contribution in [3.63, 3.8) is 0 Å². The maximum Gasteiger partial charge on any atom is 0.358 e. The van der Waals surface area contributed by atoms with Gasteiger partial charge in [0.15, 0.2) is 5.70 Å². The fourth-order valence-electron chi connectivity index (χ4n) is 1.67. The van der Waals surface area contributed by atoms with E-state index in [1.54, 1.807) is 12.1 Å². The molecule has 0 bridgehead atoms. The molecule has 2 aromatic carbocycles. The van der Waals surface area contributed by atoms with E-state index in [0.29, 0.717) is 5.75 Å². The van der Waals surface area contributed by atoms with E-state index < -0.39 is 11.7 Å². The molecule has 0 radical (unpaired) electrons. The monoisotopic (exact) mass is 337 g/mol. The SMILES string of the molecule is NN/C(C(=O)O)=C(\N)Oc1ccc2cc(Br)ccc2c1. The van der Waals surface area contributed by atoms with E-state index in [9.17, 15) is 4.79 Å². The number of fused-ring (bicyclic) bond motifs is 1. The van der Waals surface area contributed by atoms with E-state index in [4.69, 9.17) is 21.4 Å². The first-order valence-corrected chi connectivity index (χ1v) is 6.37. The van der Waals surface area contributed by atoms with E-state index in [1.807, 2.05) is 29.7 Å². The summed E-state index contributed by atoms with van der Waals surface area (Å²) in [6, 6.07) is 11.1. The lowest BCUT2D eigenvalue weighted by Gasteiger charge is -2.10. The number of hydrogen-bond donors (Lipinski definition) is 4. The molecule has 20 heavy (non-hydrogen) atoms. The summed E-state index contributed by atoms with van der Waals surface area (Å²) in [5.41, 5.74) is 7.14. The largest absolute Gasteiger partial charge is 0.476 e. The summed E-state index contributed by atoms with van der Waals surface area (Å²) in [4.78, 5) is 10.8. The van der Waals surface area contributed by atoms with Crippen LogP contribution < -0.4 is 21.7 Å². The van der Waals surface area contributed by atoms with Gasteiger partial charge in [0.05, 0.1) is 0 Å². The molecule has 0 aliphatic rings. The average Bonchev–Trinajstić information content (AvgIpc) is 2.39. The fourth-order valence-corrected chi connectivity index (χ4v) is 2.05. The summed E-state index contributed by atoms with van der Waals surface area (Å²) in [6.45, 7) is 0. The van der Waals surface area contributed by atoms with Crippen LogP contribution in [0.3, 0.4) is 0 Å². The Labute approximate surface area is 123 Å². The summed E-state index contributed by atoms with van der Waals surface area (Å²) >= 11 is 3.39. The molecular weight excluding hydrogens is 326 g/mol. The van der Waals surface area contributed by atoms with Crippen molar-refractivity contribution in [2.45, 2.75) is 0 Å². The van der Waals surface area contributed by atoms with Crippen LogP contribution in [0, 0.1) is 0 Å². The van der Waals surface area contributed by atoms with Gasteiger partial charge in [-0.1, -0.05) is 28.1 Å². The second kappa shape index (κ2) is 5.81. The number of carboxylic acid groups (broad SMARTS) is 1. The molecule has 104 valence electrons. The standard InChI is InChI=1S/C13H12BrN3O3/c14-9-3-1-8-6-10(4-2-7(8)5-9)20-12(15)11(17-16)13(18)19/h1-6,17H,15-16H2,(H,18,19)/b12-11+. The highest BCUT2D eigenvalue weighted by Crippen LogP contribution is 2.24. The first-order valence-electron chi connectivity index (χ1n) is 5.58. The van der Waals surface area contributed by atoms with Crippen LogP contribution in [-0.2, 0) is 4.79 Å². The van der Waals surface area contributed by atoms with Crippen molar-refractivity contribution in [2.75, 3.05) is 0 Å². The summed E-state index contributed by atoms with van der Waals surface area (Å²) in [6.07, 6.45) is 0. The molecule has 2 aromatic rings. The van der Waals surface area contributed by atoms with E-state index >= 15 is 0 Å². The van der Waals surface area contributed by atoms with Crippen LogP contribution in [0.1, 0.15) is 0 Å². The molecule has 0 saturated carbocycles. The smallest absolute Gasteiger partial charge is 0.358 e. The molecule has 0 aliphatic carbocycles. The minimum atomic E-state index is -1.30. The second-order valence-electron chi connectivity index (χ2n) is 3.94. The second-order valence-corrected chi connectivity index (χ2v) is 4.86. The lowest BCUT2D eigenvalue weighted by molar-refractivity contribution is -0.133. The molecule has 7 heteroatoms. The van der Waals surface area contributed by atoms with Crippen LogP contribution in [0.25, 0.3) is 10.8 Å². The molecule has 6 N–H and O–H groups in total. The number of ether oxygens (including phenoxy) is 1. The zero-order chi connectivity index (χ0) is 14.7. The van der Waals surface area contributed by atoms with Crippen LogP contribution >= 0.6 is 15.9 Å². The number of carbonyl (C=O) groups is 1. The Kier molecular flexibility index (Phi) is 4.11. The van der Waals surface area contributed by atoms with Crippen molar-refractivity contribution in [1.82, 2.24) is 5.43 Å².